The third kappa shape index (κ3) is 4.34. The molecular formula is C19H18N4O3. The van der Waals surface area contributed by atoms with E-state index in [1.165, 1.54) is 12.5 Å². The van der Waals surface area contributed by atoms with E-state index in [0.717, 1.165) is 5.56 Å². The van der Waals surface area contributed by atoms with Crippen molar-refractivity contribution in [1.82, 2.24) is 10.3 Å². The van der Waals surface area contributed by atoms with Gasteiger partial charge in [0.2, 0.25) is 0 Å². The molecule has 7 nitrogen and oxygen atoms in total. The van der Waals surface area contributed by atoms with E-state index in [0.29, 0.717) is 16.8 Å². The molecule has 2 heterocycles. The molecule has 0 aliphatic rings. The number of benzene rings is 1. The first-order chi connectivity index (χ1) is 12.6. The maximum atomic E-state index is 12.2. The lowest BCUT2D eigenvalue weighted by Gasteiger charge is -2.13. The number of carbonyl (C=O) groups excluding carboxylic acids is 2. The van der Waals surface area contributed by atoms with Crippen molar-refractivity contribution in [3.05, 3.63) is 84.1 Å². The van der Waals surface area contributed by atoms with Crippen LogP contribution in [0.15, 0.2) is 71.8 Å². The van der Waals surface area contributed by atoms with E-state index in [2.05, 4.69) is 15.6 Å². The zero-order valence-corrected chi connectivity index (χ0v) is 13.9. The van der Waals surface area contributed by atoms with Gasteiger partial charge >= 0.3 is 0 Å². The predicted octanol–water partition coefficient (Wildman–Crippen LogP) is 2.36. The number of nitrogens with two attached hydrogens (primary N) is 1. The van der Waals surface area contributed by atoms with E-state index in [1.807, 2.05) is 0 Å². The minimum Gasteiger partial charge on any atom is -0.472 e. The fraction of sp³-hybridized carbons (Fsp3) is 0.105. The van der Waals surface area contributed by atoms with Gasteiger partial charge in [0.25, 0.3) is 11.8 Å². The van der Waals surface area contributed by atoms with E-state index in [9.17, 15) is 9.59 Å². The molecule has 0 saturated carbocycles. The number of hydrogen-bond donors (Lipinski definition) is 3. The second-order valence-electron chi connectivity index (χ2n) is 5.64. The van der Waals surface area contributed by atoms with Gasteiger partial charge in [-0.2, -0.15) is 0 Å². The van der Waals surface area contributed by atoms with Gasteiger partial charge in [0.1, 0.15) is 6.26 Å². The number of furan rings is 1. The summed E-state index contributed by atoms with van der Waals surface area (Å²) in [7, 11) is 0. The highest BCUT2D eigenvalue weighted by Crippen LogP contribution is 2.13. The Kier molecular flexibility index (Phi) is 5.40. The minimum atomic E-state index is -0.386. The average Bonchev–Trinajstić information content (AvgIpc) is 3.21. The van der Waals surface area contributed by atoms with E-state index >= 15 is 0 Å². The maximum Gasteiger partial charge on any atom is 0.255 e. The van der Waals surface area contributed by atoms with Gasteiger partial charge in [-0.3, -0.25) is 14.6 Å². The minimum absolute atomic E-state index is 0.218. The van der Waals surface area contributed by atoms with Gasteiger partial charge in [0.05, 0.1) is 11.8 Å². The normalized spacial score (nSPS) is 11.6. The second kappa shape index (κ2) is 8.09. The SMILES string of the molecule is NC(CNC(=O)c1ccoc1)c1ccc(C(=O)Nc2ccncc2)cc1. The Morgan fingerprint density at radius 2 is 1.73 bits per heavy atom. The second-order valence-corrected chi connectivity index (χ2v) is 5.64. The molecule has 4 N–H and O–H groups in total. The summed E-state index contributed by atoms with van der Waals surface area (Å²) in [6, 6.07) is 11.6. The lowest BCUT2D eigenvalue weighted by Crippen LogP contribution is -2.31. The lowest BCUT2D eigenvalue weighted by atomic mass is 10.0. The van der Waals surface area contributed by atoms with Crippen molar-refractivity contribution >= 4 is 17.5 Å². The zero-order chi connectivity index (χ0) is 18.4. The van der Waals surface area contributed by atoms with Crippen LogP contribution in [-0.4, -0.2) is 23.3 Å². The Balaban J connectivity index is 1.56. The maximum absolute atomic E-state index is 12.2. The van der Waals surface area contributed by atoms with Crippen LogP contribution >= 0.6 is 0 Å². The molecule has 3 aromatic rings. The van der Waals surface area contributed by atoms with Gasteiger partial charge in [-0.1, -0.05) is 12.1 Å². The van der Waals surface area contributed by atoms with E-state index in [4.69, 9.17) is 10.2 Å². The first-order valence-electron chi connectivity index (χ1n) is 8.01. The third-order valence-corrected chi connectivity index (χ3v) is 3.81. The summed E-state index contributed by atoms with van der Waals surface area (Å²) in [5.74, 6) is -0.466. The molecule has 0 aliphatic carbocycles. The summed E-state index contributed by atoms with van der Waals surface area (Å²) < 4.78 is 4.87. The van der Waals surface area contributed by atoms with Crippen molar-refractivity contribution < 1.29 is 14.0 Å². The van der Waals surface area contributed by atoms with E-state index < -0.39 is 0 Å². The molecule has 2 aromatic heterocycles. The van der Waals surface area contributed by atoms with Crippen molar-refractivity contribution in [2.24, 2.45) is 5.73 Å². The summed E-state index contributed by atoms with van der Waals surface area (Å²) in [5, 5.41) is 5.53. The zero-order valence-electron chi connectivity index (χ0n) is 13.9. The molecule has 1 atom stereocenters. The number of rotatable bonds is 6. The molecule has 0 spiro atoms. The number of anilines is 1. The van der Waals surface area contributed by atoms with Gasteiger partial charge in [-0.25, -0.2) is 0 Å². The van der Waals surface area contributed by atoms with Crippen LogP contribution in [0.1, 0.15) is 32.3 Å². The molecule has 0 fully saturated rings. The van der Waals surface area contributed by atoms with Crippen LogP contribution < -0.4 is 16.4 Å². The Hall–Kier alpha value is -3.45. The number of nitrogens with zero attached hydrogens (tertiary/aromatic N) is 1. The van der Waals surface area contributed by atoms with Gasteiger partial charge in [0, 0.05) is 36.2 Å². The standard InChI is InChI=1S/C19H18N4O3/c20-17(11-22-18(24)15-7-10-26-12-15)13-1-3-14(4-2-13)19(25)23-16-5-8-21-9-6-16/h1-10,12,17H,11,20H2,(H,22,24)(H,21,23,25). The number of carbonyl (C=O) groups is 2. The van der Waals surface area contributed by atoms with Crippen molar-refractivity contribution in [1.29, 1.82) is 0 Å². The van der Waals surface area contributed by atoms with Gasteiger partial charge in [-0.05, 0) is 35.9 Å². The lowest BCUT2D eigenvalue weighted by molar-refractivity contribution is 0.0950. The van der Waals surface area contributed by atoms with Gasteiger partial charge in [0.15, 0.2) is 0 Å². The molecule has 0 aliphatic heterocycles. The fourth-order valence-electron chi connectivity index (χ4n) is 2.34. The molecule has 3 rings (SSSR count). The van der Waals surface area contributed by atoms with Crippen LogP contribution in [0.2, 0.25) is 0 Å². The molecule has 1 unspecified atom stereocenters. The van der Waals surface area contributed by atoms with Crippen LogP contribution in [0.4, 0.5) is 5.69 Å². The highest BCUT2D eigenvalue weighted by atomic mass is 16.3. The number of amides is 2. The number of hydrogen-bond acceptors (Lipinski definition) is 5. The van der Waals surface area contributed by atoms with Crippen LogP contribution in [-0.2, 0) is 0 Å². The highest BCUT2D eigenvalue weighted by Gasteiger charge is 2.12. The van der Waals surface area contributed by atoms with Crippen LogP contribution in [0.3, 0.4) is 0 Å². The first-order valence-corrected chi connectivity index (χ1v) is 8.01. The Bertz CT molecular complexity index is 862. The van der Waals surface area contributed by atoms with Crippen LogP contribution in [0, 0.1) is 0 Å². The smallest absolute Gasteiger partial charge is 0.255 e. The van der Waals surface area contributed by atoms with Crippen molar-refractivity contribution in [2.75, 3.05) is 11.9 Å². The number of pyridine rings is 1. The predicted molar refractivity (Wildman–Crippen MR) is 96.6 cm³/mol. The average molecular weight is 350 g/mol. The van der Waals surface area contributed by atoms with Gasteiger partial charge < -0.3 is 20.8 Å². The molecular weight excluding hydrogens is 332 g/mol. The van der Waals surface area contributed by atoms with Crippen molar-refractivity contribution in [2.45, 2.75) is 6.04 Å². The van der Waals surface area contributed by atoms with Crippen LogP contribution in [0.25, 0.3) is 0 Å². The van der Waals surface area contributed by atoms with Crippen molar-refractivity contribution in [3.63, 3.8) is 0 Å². The monoisotopic (exact) mass is 350 g/mol. The van der Waals surface area contributed by atoms with Crippen LogP contribution in [0.5, 0.6) is 0 Å². The summed E-state index contributed by atoms with van der Waals surface area (Å²) >= 11 is 0. The summed E-state index contributed by atoms with van der Waals surface area (Å²) in [4.78, 5) is 28.0. The van der Waals surface area contributed by atoms with Crippen molar-refractivity contribution in [3.8, 4) is 0 Å². The summed E-state index contributed by atoms with van der Waals surface area (Å²) in [6.07, 6.45) is 6.02. The molecule has 1 aromatic carbocycles. The first kappa shape index (κ1) is 17.4. The summed E-state index contributed by atoms with van der Waals surface area (Å²) in [6.45, 7) is 0.270. The summed E-state index contributed by atoms with van der Waals surface area (Å²) in [5.41, 5.74) is 8.55. The van der Waals surface area contributed by atoms with Gasteiger partial charge in [-0.15, -0.1) is 0 Å². The fourth-order valence-corrected chi connectivity index (χ4v) is 2.34. The van der Waals surface area contributed by atoms with E-state index in [-0.39, 0.29) is 24.4 Å². The Morgan fingerprint density at radius 1 is 1.00 bits per heavy atom. The molecule has 2 amide bonds. The number of aromatic nitrogens is 1. The Labute approximate surface area is 150 Å². The Morgan fingerprint density at radius 3 is 2.38 bits per heavy atom. The highest BCUT2D eigenvalue weighted by molar-refractivity contribution is 6.04. The molecule has 0 radical (unpaired) electrons. The third-order valence-electron chi connectivity index (χ3n) is 3.81. The topological polar surface area (TPSA) is 110 Å². The molecule has 0 saturated heterocycles. The largest absolute Gasteiger partial charge is 0.472 e. The molecule has 26 heavy (non-hydrogen) atoms. The number of nitrogens with one attached hydrogen (secondary N) is 2. The molecule has 132 valence electrons. The van der Waals surface area contributed by atoms with E-state index in [1.54, 1.807) is 54.9 Å². The quantitative estimate of drug-likeness (QED) is 0.632. The molecule has 7 heteroatoms. The molecule has 0 bridgehead atoms.